The molecule has 2 atom stereocenters. The van der Waals surface area contributed by atoms with E-state index >= 15 is 0 Å². The van der Waals surface area contributed by atoms with Gasteiger partial charge in [0.25, 0.3) is 5.91 Å². The van der Waals surface area contributed by atoms with Gasteiger partial charge in [0.15, 0.2) is 0 Å². The molecule has 1 fully saturated rings. The zero-order valence-electron chi connectivity index (χ0n) is 17.0. The molecule has 0 aliphatic carbocycles. The van der Waals surface area contributed by atoms with Crippen molar-refractivity contribution in [2.75, 3.05) is 36.9 Å². The molecular formula is C21H30N4O3. The number of piperidine rings is 1. The van der Waals surface area contributed by atoms with Crippen molar-refractivity contribution in [1.82, 2.24) is 10.2 Å². The SMILES string of the molecule is CCCCNC(=O)C1CCC(C)N(C(=O)c2ccc3c(c2)NC(=O)CN3C)C1. The summed E-state index contributed by atoms with van der Waals surface area (Å²) in [5, 5.41) is 5.83. The molecule has 0 bridgehead atoms. The number of nitrogens with zero attached hydrogens (tertiary/aromatic N) is 2. The number of nitrogens with one attached hydrogen (secondary N) is 2. The normalized spacial score (nSPS) is 21.8. The predicted molar refractivity (Wildman–Crippen MR) is 109 cm³/mol. The van der Waals surface area contributed by atoms with E-state index in [-0.39, 0.29) is 29.7 Å². The van der Waals surface area contributed by atoms with Crippen LogP contribution in [0.1, 0.15) is 49.9 Å². The fourth-order valence-corrected chi connectivity index (χ4v) is 3.89. The number of anilines is 2. The Bertz CT molecular complexity index is 764. The van der Waals surface area contributed by atoms with Crippen molar-refractivity contribution in [3.63, 3.8) is 0 Å². The maximum atomic E-state index is 13.2. The van der Waals surface area contributed by atoms with Gasteiger partial charge >= 0.3 is 0 Å². The van der Waals surface area contributed by atoms with Gasteiger partial charge in [-0.25, -0.2) is 0 Å². The Morgan fingerprint density at radius 2 is 2.07 bits per heavy atom. The monoisotopic (exact) mass is 386 g/mol. The maximum Gasteiger partial charge on any atom is 0.254 e. The van der Waals surface area contributed by atoms with Crippen LogP contribution >= 0.6 is 0 Å². The molecule has 2 aliphatic heterocycles. The molecule has 28 heavy (non-hydrogen) atoms. The number of unbranched alkanes of at least 4 members (excludes halogenated alkanes) is 1. The van der Waals surface area contributed by atoms with E-state index in [0.717, 1.165) is 31.4 Å². The first-order chi connectivity index (χ1) is 13.4. The lowest BCUT2D eigenvalue weighted by atomic mass is 9.92. The number of hydrogen-bond acceptors (Lipinski definition) is 4. The zero-order valence-corrected chi connectivity index (χ0v) is 17.0. The van der Waals surface area contributed by atoms with Crippen molar-refractivity contribution < 1.29 is 14.4 Å². The van der Waals surface area contributed by atoms with Crippen molar-refractivity contribution in [3.8, 4) is 0 Å². The Morgan fingerprint density at radius 3 is 2.82 bits per heavy atom. The predicted octanol–water partition coefficient (Wildman–Crippen LogP) is 2.23. The molecule has 152 valence electrons. The lowest BCUT2D eigenvalue weighted by Gasteiger charge is -2.37. The largest absolute Gasteiger partial charge is 0.364 e. The Kier molecular flexibility index (Phi) is 6.21. The highest BCUT2D eigenvalue weighted by atomic mass is 16.2. The third-order valence-corrected chi connectivity index (χ3v) is 5.65. The van der Waals surface area contributed by atoms with E-state index in [1.807, 2.05) is 24.9 Å². The van der Waals surface area contributed by atoms with Crippen molar-refractivity contribution in [3.05, 3.63) is 23.8 Å². The Morgan fingerprint density at radius 1 is 1.29 bits per heavy atom. The second kappa shape index (κ2) is 8.63. The molecule has 7 heteroatoms. The summed E-state index contributed by atoms with van der Waals surface area (Å²) in [6, 6.07) is 5.49. The van der Waals surface area contributed by atoms with Crippen LogP contribution in [-0.2, 0) is 9.59 Å². The second-order valence-electron chi connectivity index (χ2n) is 7.86. The molecule has 0 aromatic heterocycles. The highest BCUT2D eigenvalue weighted by molar-refractivity contribution is 6.04. The average molecular weight is 386 g/mol. The summed E-state index contributed by atoms with van der Waals surface area (Å²) in [5.74, 6) is -0.309. The van der Waals surface area contributed by atoms with Gasteiger partial charge in [0.1, 0.15) is 0 Å². The summed E-state index contributed by atoms with van der Waals surface area (Å²) in [5.41, 5.74) is 2.09. The number of rotatable bonds is 5. The van der Waals surface area contributed by atoms with Gasteiger partial charge in [-0.05, 0) is 44.4 Å². The van der Waals surface area contributed by atoms with Gasteiger partial charge in [-0.3, -0.25) is 14.4 Å². The summed E-state index contributed by atoms with van der Waals surface area (Å²) in [6.45, 7) is 5.54. The smallest absolute Gasteiger partial charge is 0.254 e. The van der Waals surface area contributed by atoms with Crippen LogP contribution in [0.15, 0.2) is 18.2 Å². The third kappa shape index (κ3) is 4.29. The van der Waals surface area contributed by atoms with E-state index < -0.39 is 0 Å². The average Bonchev–Trinajstić information content (AvgIpc) is 2.67. The maximum absolute atomic E-state index is 13.2. The number of likely N-dealkylation sites (tertiary alicyclic amines) is 1. The van der Waals surface area contributed by atoms with Gasteiger partial charge in [-0.2, -0.15) is 0 Å². The first-order valence-electron chi connectivity index (χ1n) is 10.1. The number of benzene rings is 1. The lowest BCUT2D eigenvalue weighted by molar-refractivity contribution is -0.126. The van der Waals surface area contributed by atoms with Crippen molar-refractivity contribution >= 4 is 29.1 Å². The molecule has 0 spiro atoms. The molecule has 3 rings (SSSR count). The minimum absolute atomic E-state index is 0.0393. The van der Waals surface area contributed by atoms with E-state index in [9.17, 15) is 14.4 Å². The van der Waals surface area contributed by atoms with Gasteiger partial charge in [0.2, 0.25) is 11.8 Å². The zero-order chi connectivity index (χ0) is 20.3. The van der Waals surface area contributed by atoms with E-state index in [4.69, 9.17) is 0 Å². The number of carbonyl (C=O) groups is 3. The quantitative estimate of drug-likeness (QED) is 0.761. The first kappa shape index (κ1) is 20.2. The highest BCUT2D eigenvalue weighted by Crippen LogP contribution is 2.31. The van der Waals surface area contributed by atoms with E-state index in [1.165, 1.54) is 0 Å². The van der Waals surface area contributed by atoms with Gasteiger partial charge in [0, 0.05) is 31.7 Å². The van der Waals surface area contributed by atoms with Crippen molar-refractivity contribution in [1.29, 1.82) is 0 Å². The van der Waals surface area contributed by atoms with Crippen molar-refractivity contribution in [2.45, 2.75) is 45.6 Å². The van der Waals surface area contributed by atoms with E-state index in [1.54, 1.807) is 17.0 Å². The molecule has 7 nitrogen and oxygen atoms in total. The van der Waals surface area contributed by atoms with Gasteiger partial charge in [-0.15, -0.1) is 0 Å². The molecule has 3 amide bonds. The molecule has 1 aromatic carbocycles. The molecule has 2 unspecified atom stereocenters. The molecule has 0 radical (unpaired) electrons. The van der Waals surface area contributed by atoms with Crippen LogP contribution in [0.3, 0.4) is 0 Å². The Balaban J connectivity index is 1.73. The van der Waals surface area contributed by atoms with Crippen LogP contribution in [0.4, 0.5) is 11.4 Å². The van der Waals surface area contributed by atoms with E-state index in [2.05, 4.69) is 17.6 Å². The van der Waals surface area contributed by atoms with Crippen LogP contribution in [0, 0.1) is 5.92 Å². The van der Waals surface area contributed by atoms with Gasteiger partial charge < -0.3 is 20.4 Å². The number of likely N-dealkylation sites (N-methyl/N-ethyl adjacent to an activating group) is 1. The van der Waals surface area contributed by atoms with Crippen LogP contribution < -0.4 is 15.5 Å². The first-order valence-corrected chi connectivity index (χ1v) is 10.1. The third-order valence-electron chi connectivity index (χ3n) is 5.65. The van der Waals surface area contributed by atoms with Crippen LogP contribution in [0.2, 0.25) is 0 Å². The number of amides is 3. The molecule has 2 aliphatic rings. The summed E-state index contributed by atoms with van der Waals surface area (Å²) in [6.07, 6.45) is 3.61. The molecule has 1 aromatic rings. The minimum atomic E-state index is -0.166. The molecule has 2 N–H and O–H groups in total. The lowest BCUT2D eigenvalue weighted by Crippen LogP contribution is -2.49. The number of hydrogen-bond donors (Lipinski definition) is 2. The topological polar surface area (TPSA) is 81.8 Å². The number of fused-ring (bicyclic) bond motifs is 1. The van der Waals surface area contributed by atoms with Crippen LogP contribution in [0.5, 0.6) is 0 Å². The summed E-state index contributed by atoms with van der Waals surface area (Å²) in [4.78, 5) is 41.1. The summed E-state index contributed by atoms with van der Waals surface area (Å²) in [7, 11) is 1.85. The van der Waals surface area contributed by atoms with Gasteiger partial charge in [0.05, 0.1) is 23.8 Å². The second-order valence-corrected chi connectivity index (χ2v) is 7.86. The molecular weight excluding hydrogens is 356 g/mol. The van der Waals surface area contributed by atoms with Gasteiger partial charge in [-0.1, -0.05) is 13.3 Å². The fourth-order valence-electron chi connectivity index (χ4n) is 3.89. The highest BCUT2D eigenvalue weighted by Gasteiger charge is 2.33. The minimum Gasteiger partial charge on any atom is -0.364 e. The fraction of sp³-hybridized carbons (Fsp3) is 0.571. The number of carbonyl (C=O) groups excluding carboxylic acids is 3. The summed E-state index contributed by atoms with van der Waals surface area (Å²) < 4.78 is 0. The molecule has 0 saturated carbocycles. The molecule has 1 saturated heterocycles. The van der Waals surface area contributed by atoms with Crippen LogP contribution in [0.25, 0.3) is 0 Å². The molecule has 2 heterocycles. The van der Waals surface area contributed by atoms with Crippen molar-refractivity contribution in [2.24, 2.45) is 5.92 Å². The van der Waals surface area contributed by atoms with E-state index in [0.29, 0.717) is 30.9 Å². The van der Waals surface area contributed by atoms with Crippen LogP contribution in [-0.4, -0.2) is 55.3 Å². The summed E-state index contributed by atoms with van der Waals surface area (Å²) >= 11 is 0. The Labute approximate surface area is 166 Å². The Hall–Kier alpha value is -2.57. The standard InChI is InChI=1S/C21H30N4O3/c1-4-5-10-22-20(27)16-7-6-14(2)25(12-16)21(28)15-8-9-18-17(11-15)23-19(26)13-24(18)3/h8-9,11,14,16H,4-7,10,12-13H2,1-3H3,(H,22,27)(H,23,26).